The number of anilines is 1. The van der Waals surface area contributed by atoms with E-state index in [9.17, 15) is 9.59 Å². The van der Waals surface area contributed by atoms with E-state index in [1.165, 1.54) is 6.92 Å². The summed E-state index contributed by atoms with van der Waals surface area (Å²) in [4.78, 5) is 23.4. The zero-order chi connectivity index (χ0) is 17.5. The van der Waals surface area contributed by atoms with Gasteiger partial charge in [-0.2, -0.15) is 0 Å². The fourth-order valence-corrected chi connectivity index (χ4v) is 2.44. The zero-order valence-electron chi connectivity index (χ0n) is 14.2. The molecule has 2 aromatic rings. The molecule has 5 nitrogen and oxygen atoms in total. The Morgan fingerprint density at radius 3 is 2.58 bits per heavy atom. The number of benzene rings is 2. The fourth-order valence-electron chi connectivity index (χ4n) is 2.44. The Labute approximate surface area is 142 Å². The molecule has 0 unspecified atom stereocenters. The van der Waals surface area contributed by atoms with Gasteiger partial charge in [0, 0.05) is 24.7 Å². The standard InChI is InChI=1S/C19H22N2O3/c1-4-15-10-14(8-9-18(15)24-3)12-20-19(23)16-6-5-7-17(11-16)21-13(2)22/h5-11H,4,12H2,1-3H3,(H,20,23)(H,21,22). The number of rotatable bonds is 6. The number of amides is 2. The Bertz CT molecular complexity index is 741. The lowest BCUT2D eigenvalue weighted by atomic mass is 10.1. The molecule has 0 saturated carbocycles. The zero-order valence-corrected chi connectivity index (χ0v) is 14.2. The summed E-state index contributed by atoms with van der Waals surface area (Å²) in [6, 6.07) is 12.7. The van der Waals surface area contributed by atoms with Crippen LogP contribution in [0.25, 0.3) is 0 Å². The summed E-state index contributed by atoms with van der Waals surface area (Å²) in [5, 5.41) is 5.56. The number of aryl methyl sites for hydroxylation is 1. The van der Waals surface area contributed by atoms with Crippen molar-refractivity contribution < 1.29 is 14.3 Å². The maximum absolute atomic E-state index is 12.3. The molecule has 126 valence electrons. The molecule has 0 aliphatic heterocycles. The molecule has 0 radical (unpaired) electrons. The van der Waals surface area contributed by atoms with Crippen molar-refractivity contribution >= 4 is 17.5 Å². The normalized spacial score (nSPS) is 10.1. The maximum atomic E-state index is 12.3. The van der Waals surface area contributed by atoms with Gasteiger partial charge in [-0.15, -0.1) is 0 Å². The summed E-state index contributed by atoms with van der Waals surface area (Å²) in [5.41, 5.74) is 3.23. The monoisotopic (exact) mass is 326 g/mol. The summed E-state index contributed by atoms with van der Waals surface area (Å²) in [7, 11) is 1.65. The molecular weight excluding hydrogens is 304 g/mol. The number of nitrogens with one attached hydrogen (secondary N) is 2. The van der Waals surface area contributed by atoms with Crippen LogP contribution >= 0.6 is 0 Å². The number of methoxy groups -OCH3 is 1. The van der Waals surface area contributed by atoms with Crippen molar-refractivity contribution in [2.24, 2.45) is 0 Å². The van der Waals surface area contributed by atoms with Gasteiger partial charge < -0.3 is 15.4 Å². The Hall–Kier alpha value is -2.82. The predicted octanol–water partition coefficient (Wildman–Crippen LogP) is 3.15. The Morgan fingerprint density at radius 2 is 1.92 bits per heavy atom. The highest BCUT2D eigenvalue weighted by atomic mass is 16.5. The van der Waals surface area contributed by atoms with E-state index in [2.05, 4.69) is 17.6 Å². The molecule has 0 aliphatic carbocycles. The quantitative estimate of drug-likeness (QED) is 0.857. The van der Waals surface area contributed by atoms with Crippen molar-refractivity contribution in [1.82, 2.24) is 5.32 Å². The van der Waals surface area contributed by atoms with Crippen molar-refractivity contribution in [3.63, 3.8) is 0 Å². The summed E-state index contributed by atoms with van der Waals surface area (Å²) in [6.45, 7) is 3.93. The van der Waals surface area contributed by atoms with Crippen LogP contribution in [0.1, 0.15) is 35.3 Å². The van der Waals surface area contributed by atoms with Gasteiger partial charge in [0.15, 0.2) is 0 Å². The average molecular weight is 326 g/mol. The third kappa shape index (κ3) is 4.59. The van der Waals surface area contributed by atoms with Crippen LogP contribution in [0.3, 0.4) is 0 Å². The van der Waals surface area contributed by atoms with Crippen LogP contribution in [-0.2, 0) is 17.8 Å². The van der Waals surface area contributed by atoms with Crippen molar-refractivity contribution in [1.29, 1.82) is 0 Å². The van der Waals surface area contributed by atoms with Gasteiger partial charge in [-0.1, -0.05) is 25.1 Å². The van der Waals surface area contributed by atoms with E-state index in [0.29, 0.717) is 17.8 Å². The number of ether oxygens (including phenoxy) is 1. The van der Waals surface area contributed by atoms with Gasteiger partial charge in [0.2, 0.25) is 5.91 Å². The highest BCUT2D eigenvalue weighted by Crippen LogP contribution is 2.20. The number of hydrogen-bond acceptors (Lipinski definition) is 3. The number of carbonyl (C=O) groups is 2. The first-order chi connectivity index (χ1) is 11.5. The number of carbonyl (C=O) groups excluding carboxylic acids is 2. The first-order valence-electron chi connectivity index (χ1n) is 7.85. The van der Waals surface area contributed by atoms with Crippen LogP contribution in [0.4, 0.5) is 5.69 Å². The molecule has 0 fully saturated rings. The maximum Gasteiger partial charge on any atom is 0.251 e. The Morgan fingerprint density at radius 1 is 1.12 bits per heavy atom. The lowest BCUT2D eigenvalue weighted by molar-refractivity contribution is -0.114. The first kappa shape index (κ1) is 17.5. The summed E-state index contributed by atoms with van der Waals surface area (Å²) >= 11 is 0. The molecule has 2 N–H and O–H groups in total. The molecule has 0 bridgehead atoms. The van der Waals surface area contributed by atoms with Crippen molar-refractivity contribution in [3.8, 4) is 5.75 Å². The molecule has 2 rings (SSSR count). The molecule has 0 aromatic heterocycles. The molecule has 24 heavy (non-hydrogen) atoms. The molecule has 0 aliphatic rings. The summed E-state index contributed by atoms with van der Waals surface area (Å²) in [6.07, 6.45) is 0.865. The predicted molar refractivity (Wildman–Crippen MR) is 94.3 cm³/mol. The lowest BCUT2D eigenvalue weighted by Gasteiger charge is -2.11. The van der Waals surface area contributed by atoms with Crippen LogP contribution in [0.5, 0.6) is 5.75 Å². The van der Waals surface area contributed by atoms with E-state index in [1.54, 1.807) is 31.4 Å². The number of hydrogen-bond donors (Lipinski definition) is 2. The molecule has 0 spiro atoms. The van der Waals surface area contributed by atoms with Gasteiger partial charge >= 0.3 is 0 Å². The minimum absolute atomic E-state index is 0.169. The van der Waals surface area contributed by atoms with Gasteiger partial charge in [0.25, 0.3) is 5.91 Å². The highest BCUT2D eigenvalue weighted by molar-refractivity contribution is 5.96. The van der Waals surface area contributed by atoms with Gasteiger partial charge in [0.05, 0.1) is 7.11 Å². The minimum atomic E-state index is -0.184. The summed E-state index contributed by atoms with van der Waals surface area (Å²) < 4.78 is 5.31. The van der Waals surface area contributed by atoms with Crippen LogP contribution in [-0.4, -0.2) is 18.9 Å². The first-order valence-corrected chi connectivity index (χ1v) is 7.85. The average Bonchev–Trinajstić information content (AvgIpc) is 2.59. The minimum Gasteiger partial charge on any atom is -0.496 e. The van der Waals surface area contributed by atoms with Crippen LogP contribution < -0.4 is 15.4 Å². The second-order valence-electron chi connectivity index (χ2n) is 5.44. The molecule has 5 heteroatoms. The van der Waals surface area contributed by atoms with Gasteiger partial charge in [0.1, 0.15) is 5.75 Å². The highest BCUT2D eigenvalue weighted by Gasteiger charge is 2.08. The largest absolute Gasteiger partial charge is 0.496 e. The van der Waals surface area contributed by atoms with E-state index in [0.717, 1.165) is 23.3 Å². The van der Waals surface area contributed by atoms with Gasteiger partial charge in [-0.3, -0.25) is 9.59 Å². The van der Waals surface area contributed by atoms with Crippen molar-refractivity contribution in [2.45, 2.75) is 26.8 Å². The molecule has 2 aromatic carbocycles. The van der Waals surface area contributed by atoms with Crippen molar-refractivity contribution in [2.75, 3.05) is 12.4 Å². The molecule has 0 heterocycles. The SMILES string of the molecule is CCc1cc(CNC(=O)c2cccc(NC(C)=O)c2)ccc1OC. The Kier molecular flexibility index (Phi) is 5.95. The second-order valence-corrected chi connectivity index (χ2v) is 5.44. The smallest absolute Gasteiger partial charge is 0.251 e. The summed E-state index contributed by atoms with van der Waals surface area (Å²) in [5.74, 6) is 0.504. The fraction of sp³-hybridized carbons (Fsp3) is 0.263. The topological polar surface area (TPSA) is 67.4 Å². The molecule has 0 atom stereocenters. The van der Waals surface area contributed by atoms with Crippen LogP contribution in [0.15, 0.2) is 42.5 Å². The Balaban J connectivity index is 2.04. The molecular formula is C19H22N2O3. The van der Waals surface area contributed by atoms with E-state index in [-0.39, 0.29) is 11.8 Å². The van der Waals surface area contributed by atoms with E-state index < -0.39 is 0 Å². The van der Waals surface area contributed by atoms with Crippen LogP contribution in [0.2, 0.25) is 0 Å². The van der Waals surface area contributed by atoms with Crippen molar-refractivity contribution in [3.05, 3.63) is 59.2 Å². The lowest BCUT2D eigenvalue weighted by Crippen LogP contribution is -2.23. The molecule has 0 saturated heterocycles. The second kappa shape index (κ2) is 8.15. The third-order valence-electron chi connectivity index (χ3n) is 3.62. The van der Waals surface area contributed by atoms with E-state index >= 15 is 0 Å². The third-order valence-corrected chi connectivity index (χ3v) is 3.62. The van der Waals surface area contributed by atoms with E-state index in [4.69, 9.17) is 4.74 Å². The van der Waals surface area contributed by atoms with Gasteiger partial charge in [-0.05, 0) is 41.8 Å². The van der Waals surface area contributed by atoms with Crippen LogP contribution in [0, 0.1) is 0 Å². The molecule has 2 amide bonds. The van der Waals surface area contributed by atoms with E-state index in [1.807, 2.05) is 18.2 Å². The van der Waals surface area contributed by atoms with Gasteiger partial charge in [-0.25, -0.2) is 0 Å².